The number of hydrogen-bond acceptors (Lipinski definition) is 5. The molecule has 148 valence electrons. The van der Waals surface area contributed by atoms with Crippen molar-refractivity contribution in [1.29, 1.82) is 5.26 Å². The average Bonchev–Trinajstić information content (AvgIpc) is 3.43. The van der Waals surface area contributed by atoms with Crippen LogP contribution in [-0.2, 0) is 25.8 Å². The van der Waals surface area contributed by atoms with Crippen LogP contribution < -0.4 is 0 Å². The first kappa shape index (κ1) is 21.1. The van der Waals surface area contributed by atoms with E-state index in [0.29, 0.717) is 23.1 Å². The van der Waals surface area contributed by atoms with Gasteiger partial charge in [-0.2, -0.15) is 0 Å². The summed E-state index contributed by atoms with van der Waals surface area (Å²) in [4.78, 5) is 20.7. The molecule has 0 amide bonds. The summed E-state index contributed by atoms with van der Waals surface area (Å²) in [5.41, 5.74) is 1.35. The largest absolute Gasteiger partial charge is 2.00 e. The third kappa shape index (κ3) is 3.65. The minimum absolute atomic E-state index is 0. The fourth-order valence-electron chi connectivity index (χ4n) is 2.94. The molecule has 0 aromatic carbocycles. The van der Waals surface area contributed by atoms with Gasteiger partial charge in [-0.05, 0) is 32.0 Å². The Morgan fingerprint density at radius 3 is 2.13 bits per heavy atom. The summed E-state index contributed by atoms with van der Waals surface area (Å²) < 4.78 is 3.04. The topological polar surface area (TPSA) is 89.6 Å². The first-order valence-electron chi connectivity index (χ1n) is 8.69. The summed E-state index contributed by atoms with van der Waals surface area (Å²) in [6, 6.07) is 13.3. The van der Waals surface area contributed by atoms with Gasteiger partial charge in [0.2, 0.25) is 0 Å². The standard InChI is InChI=1S/C21H14N8.Pd/c1-21(2,16-6-4-8-18(26-16)28-13-24-11-15(28)10-22)17-7-5-9-19(27-17)29-14-25-12-20(29)23-3;/h4-9,11-12H,1-2H3;/q-2;+2. The number of pyridine rings is 2. The number of imidazole rings is 2. The third-order valence-corrected chi connectivity index (χ3v) is 4.59. The summed E-state index contributed by atoms with van der Waals surface area (Å²) in [7, 11) is 0. The summed E-state index contributed by atoms with van der Waals surface area (Å²) in [5, 5.41) is 9.24. The zero-order valence-corrected chi connectivity index (χ0v) is 17.6. The quantitative estimate of drug-likeness (QED) is 0.328. The van der Waals surface area contributed by atoms with Crippen LogP contribution in [0.15, 0.2) is 48.8 Å². The van der Waals surface area contributed by atoms with Crippen LogP contribution in [0.1, 0.15) is 30.9 Å². The van der Waals surface area contributed by atoms with Crippen LogP contribution in [0.4, 0.5) is 5.82 Å². The van der Waals surface area contributed by atoms with Crippen LogP contribution in [0.3, 0.4) is 0 Å². The van der Waals surface area contributed by atoms with Crippen molar-refractivity contribution in [2.24, 2.45) is 0 Å². The maximum absolute atomic E-state index is 9.24. The Bertz CT molecular complexity index is 1170. The van der Waals surface area contributed by atoms with E-state index in [1.807, 2.05) is 38.1 Å². The summed E-state index contributed by atoms with van der Waals surface area (Å²) in [5.74, 6) is 1.45. The van der Waals surface area contributed by atoms with E-state index in [0.717, 1.165) is 11.4 Å². The SMILES string of the molecule is [C-]#[N+]c1cn[c-]n1-c1cccc(C(C)(C)c2cccc(-n3[c-]ncc3C#N)n2)n1.[Pd+2]. The Morgan fingerprint density at radius 2 is 1.53 bits per heavy atom. The molecule has 30 heavy (non-hydrogen) atoms. The fourth-order valence-corrected chi connectivity index (χ4v) is 2.94. The Labute approximate surface area is 187 Å². The molecule has 0 saturated heterocycles. The maximum Gasteiger partial charge on any atom is 2.00 e. The van der Waals surface area contributed by atoms with Gasteiger partial charge < -0.3 is 19.4 Å². The summed E-state index contributed by atoms with van der Waals surface area (Å²) in [6.45, 7) is 11.3. The Morgan fingerprint density at radius 1 is 0.967 bits per heavy atom. The van der Waals surface area contributed by atoms with Crippen molar-refractivity contribution in [2.75, 3.05) is 0 Å². The molecule has 4 aromatic heterocycles. The molecule has 0 bridgehead atoms. The Balaban J connectivity index is 0.00000256. The molecule has 0 unspecified atom stereocenters. The minimum atomic E-state index is -0.543. The molecule has 0 atom stereocenters. The number of nitrogens with zero attached hydrogens (tertiary/aromatic N) is 8. The molecule has 0 aliphatic carbocycles. The van der Waals surface area contributed by atoms with Gasteiger partial charge in [-0.3, -0.25) is 14.5 Å². The molecule has 0 spiro atoms. The molecule has 0 aliphatic rings. The van der Waals surface area contributed by atoms with E-state index in [-0.39, 0.29) is 20.4 Å². The molecule has 0 radical (unpaired) electrons. The van der Waals surface area contributed by atoms with Gasteiger partial charge in [0, 0.05) is 35.0 Å². The zero-order valence-electron chi connectivity index (χ0n) is 16.0. The second kappa shape index (κ2) is 8.39. The van der Waals surface area contributed by atoms with Crippen molar-refractivity contribution in [3.63, 3.8) is 0 Å². The van der Waals surface area contributed by atoms with Crippen molar-refractivity contribution in [1.82, 2.24) is 29.1 Å². The molecule has 4 heterocycles. The van der Waals surface area contributed by atoms with Gasteiger partial charge in [0.05, 0.1) is 11.9 Å². The number of nitriles is 1. The van der Waals surface area contributed by atoms with Gasteiger partial charge in [0.25, 0.3) is 5.82 Å². The van der Waals surface area contributed by atoms with Gasteiger partial charge >= 0.3 is 20.4 Å². The van der Waals surface area contributed by atoms with Gasteiger partial charge in [-0.25, -0.2) is 5.26 Å². The second-order valence-electron chi connectivity index (χ2n) is 6.74. The smallest absolute Gasteiger partial charge is 0.403 e. The molecule has 4 rings (SSSR count). The van der Waals surface area contributed by atoms with Gasteiger partial charge in [-0.15, -0.1) is 0 Å². The molecule has 9 heteroatoms. The number of hydrogen-bond donors (Lipinski definition) is 0. The van der Waals surface area contributed by atoms with E-state index in [2.05, 4.69) is 33.5 Å². The van der Waals surface area contributed by atoms with Crippen LogP contribution >= 0.6 is 0 Å². The first-order chi connectivity index (χ1) is 14.0. The average molecular weight is 485 g/mol. The summed E-state index contributed by atoms with van der Waals surface area (Å²) >= 11 is 0. The van der Waals surface area contributed by atoms with E-state index in [1.165, 1.54) is 21.5 Å². The van der Waals surface area contributed by atoms with Gasteiger partial charge in [-0.1, -0.05) is 31.0 Å². The monoisotopic (exact) mass is 484 g/mol. The predicted octanol–water partition coefficient (Wildman–Crippen LogP) is 3.19. The molecular weight excluding hydrogens is 471 g/mol. The van der Waals surface area contributed by atoms with E-state index >= 15 is 0 Å². The molecule has 0 fully saturated rings. The van der Waals surface area contributed by atoms with Gasteiger partial charge in [0.1, 0.15) is 5.82 Å². The van der Waals surface area contributed by atoms with E-state index in [9.17, 15) is 5.26 Å². The van der Waals surface area contributed by atoms with Crippen molar-refractivity contribution >= 4 is 5.82 Å². The van der Waals surface area contributed by atoms with Crippen LogP contribution in [0.25, 0.3) is 16.5 Å². The Kier molecular flexibility index (Phi) is 5.89. The molecule has 0 aliphatic heterocycles. The number of rotatable bonds is 4. The predicted molar refractivity (Wildman–Crippen MR) is 103 cm³/mol. The van der Waals surface area contributed by atoms with Crippen molar-refractivity contribution < 1.29 is 20.4 Å². The van der Waals surface area contributed by atoms with Crippen LogP contribution in [0.2, 0.25) is 0 Å². The summed E-state index contributed by atoms with van der Waals surface area (Å²) in [6.07, 6.45) is 8.41. The van der Waals surface area contributed by atoms with Crippen LogP contribution in [0, 0.1) is 30.6 Å². The van der Waals surface area contributed by atoms with Crippen LogP contribution in [0.5, 0.6) is 0 Å². The first-order valence-corrected chi connectivity index (χ1v) is 8.69. The van der Waals surface area contributed by atoms with E-state index in [1.54, 1.807) is 12.1 Å². The molecule has 8 nitrogen and oxygen atoms in total. The zero-order chi connectivity index (χ0) is 20.4. The van der Waals surface area contributed by atoms with Crippen molar-refractivity contribution in [2.45, 2.75) is 19.3 Å². The number of aromatic nitrogens is 6. The van der Waals surface area contributed by atoms with Crippen LogP contribution in [-0.4, -0.2) is 29.1 Å². The van der Waals surface area contributed by atoms with E-state index in [4.69, 9.17) is 16.5 Å². The molecular formula is C21H14N8Pd. The Hall–Kier alpha value is -3.64. The molecule has 4 aromatic rings. The second-order valence-corrected chi connectivity index (χ2v) is 6.74. The normalized spacial score (nSPS) is 10.7. The maximum atomic E-state index is 9.24. The molecule has 0 N–H and O–H groups in total. The van der Waals surface area contributed by atoms with E-state index < -0.39 is 5.41 Å². The van der Waals surface area contributed by atoms with Crippen molar-refractivity contribution in [3.05, 3.63) is 89.9 Å². The molecule has 0 saturated carbocycles. The minimum Gasteiger partial charge on any atom is -0.403 e. The van der Waals surface area contributed by atoms with Crippen molar-refractivity contribution in [3.8, 4) is 17.7 Å². The fraction of sp³-hybridized carbons (Fsp3) is 0.143. The van der Waals surface area contributed by atoms with Gasteiger partial charge in [0.15, 0.2) is 6.33 Å². The third-order valence-electron chi connectivity index (χ3n) is 4.59.